The maximum atomic E-state index is 14.4. The van der Waals surface area contributed by atoms with Crippen molar-refractivity contribution in [3.05, 3.63) is 147 Å². The Balaban J connectivity index is 1.42. The molecule has 0 aliphatic carbocycles. The predicted molar refractivity (Wildman–Crippen MR) is 173 cm³/mol. The standard InChI is InChI=1S/C35H27F5N2O4S2/c1-41(48-34-32(39)30(37)29(36)31(38)33(34)40)19-28(43)42(18-25-13-8-16-47-25)24-14-15-26(35(44)46-21-23-11-6-3-7-12-23)27(17-24)45-20-22-9-4-2-5-10-22/h2-17H,18-21H2,1H3. The second-order valence-corrected chi connectivity index (χ2v) is 12.6. The first-order chi connectivity index (χ1) is 23.1. The lowest BCUT2D eigenvalue weighted by molar-refractivity contribution is -0.118. The maximum Gasteiger partial charge on any atom is 0.342 e. The monoisotopic (exact) mass is 698 g/mol. The predicted octanol–water partition coefficient (Wildman–Crippen LogP) is 8.55. The number of hydrogen-bond donors (Lipinski definition) is 0. The van der Waals surface area contributed by atoms with Gasteiger partial charge >= 0.3 is 5.97 Å². The molecule has 248 valence electrons. The molecule has 0 aliphatic rings. The highest BCUT2D eigenvalue weighted by atomic mass is 32.2. The van der Waals surface area contributed by atoms with Gasteiger partial charge in [0, 0.05) is 16.6 Å². The molecule has 0 radical (unpaired) electrons. The van der Waals surface area contributed by atoms with Crippen molar-refractivity contribution in [1.29, 1.82) is 0 Å². The molecule has 0 N–H and O–H groups in total. The van der Waals surface area contributed by atoms with Gasteiger partial charge in [-0.1, -0.05) is 66.7 Å². The molecular weight excluding hydrogens is 672 g/mol. The number of likely N-dealkylation sites (N-methyl/N-ethyl adjacent to an activating group) is 1. The molecule has 0 unspecified atom stereocenters. The van der Waals surface area contributed by atoms with E-state index >= 15 is 0 Å². The Morgan fingerprint density at radius 1 is 0.750 bits per heavy atom. The second-order valence-electron chi connectivity index (χ2n) is 10.4. The highest BCUT2D eigenvalue weighted by Gasteiger charge is 2.28. The molecule has 1 amide bonds. The van der Waals surface area contributed by atoms with Crippen LogP contribution in [0.3, 0.4) is 0 Å². The summed E-state index contributed by atoms with van der Waals surface area (Å²) in [6, 6.07) is 26.5. The first-order valence-corrected chi connectivity index (χ1v) is 16.0. The van der Waals surface area contributed by atoms with E-state index in [4.69, 9.17) is 9.47 Å². The highest BCUT2D eigenvalue weighted by Crippen LogP contribution is 2.33. The second kappa shape index (κ2) is 15.9. The van der Waals surface area contributed by atoms with E-state index in [9.17, 15) is 31.5 Å². The van der Waals surface area contributed by atoms with Crippen LogP contribution in [0, 0.1) is 29.1 Å². The first-order valence-electron chi connectivity index (χ1n) is 14.4. The fourth-order valence-corrected chi connectivity index (χ4v) is 6.03. The van der Waals surface area contributed by atoms with Gasteiger partial charge in [-0.05, 0) is 53.7 Å². The van der Waals surface area contributed by atoms with Crippen molar-refractivity contribution in [3.8, 4) is 5.75 Å². The van der Waals surface area contributed by atoms with E-state index < -0.39 is 52.4 Å². The third-order valence-electron chi connectivity index (χ3n) is 6.92. The summed E-state index contributed by atoms with van der Waals surface area (Å²) < 4.78 is 82.6. The summed E-state index contributed by atoms with van der Waals surface area (Å²) in [6.07, 6.45) is 0. The van der Waals surface area contributed by atoms with Crippen LogP contribution in [0.15, 0.2) is 101 Å². The number of rotatable bonds is 13. The summed E-state index contributed by atoms with van der Waals surface area (Å²) in [4.78, 5) is 28.0. The number of anilines is 1. The van der Waals surface area contributed by atoms with Crippen LogP contribution in [0.1, 0.15) is 26.4 Å². The normalized spacial score (nSPS) is 11.1. The number of halogens is 5. The number of nitrogens with zero attached hydrogens (tertiary/aromatic N) is 2. The molecule has 4 aromatic carbocycles. The lowest BCUT2D eigenvalue weighted by atomic mass is 10.1. The van der Waals surface area contributed by atoms with Crippen LogP contribution in [-0.4, -0.2) is 29.8 Å². The summed E-state index contributed by atoms with van der Waals surface area (Å²) >= 11 is 1.59. The fourth-order valence-electron chi connectivity index (χ4n) is 4.51. The number of thiophene rings is 1. The molecule has 0 aliphatic heterocycles. The van der Waals surface area contributed by atoms with Crippen LogP contribution in [0.2, 0.25) is 0 Å². The zero-order valence-electron chi connectivity index (χ0n) is 25.3. The van der Waals surface area contributed by atoms with E-state index in [-0.39, 0.29) is 43.0 Å². The van der Waals surface area contributed by atoms with Gasteiger partial charge < -0.3 is 14.4 Å². The fraction of sp³-hybridized carbons (Fsp3) is 0.143. The molecule has 0 atom stereocenters. The average Bonchev–Trinajstić information content (AvgIpc) is 3.63. The van der Waals surface area contributed by atoms with Crippen molar-refractivity contribution in [1.82, 2.24) is 4.31 Å². The Bertz CT molecular complexity index is 1850. The number of esters is 1. The zero-order chi connectivity index (χ0) is 34.2. The van der Waals surface area contributed by atoms with Crippen LogP contribution in [0.4, 0.5) is 27.6 Å². The van der Waals surface area contributed by atoms with Crippen molar-refractivity contribution >= 4 is 40.8 Å². The van der Waals surface area contributed by atoms with E-state index in [1.165, 1.54) is 41.5 Å². The van der Waals surface area contributed by atoms with E-state index in [1.54, 1.807) is 12.1 Å². The molecule has 5 aromatic rings. The molecule has 0 saturated heterocycles. The SMILES string of the molecule is CN(CC(=O)N(Cc1cccs1)c1ccc(C(=O)OCc2ccccc2)c(OCc2ccccc2)c1)Sc1c(F)c(F)c(F)c(F)c1F. The summed E-state index contributed by atoms with van der Waals surface area (Å²) in [5, 5.41) is 1.82. The van der Waals surface area contributed by atoms with Gasteiger partial charge in [0.15, 0.2) is 23.3 Å². The molecule has 0 spiro atoms. The minimum absolute atomic E-state index is 0.0234. The summed E-state index contributed by atoms with van der Waals surface area (Å²) in [5.74, 6) is -11.5. The largest absolute Gasteiger partial charge is 0.488 e. The Kier molecular flexibility index (Phi) is 11.5. The minimum Gasteiger partial charge on any atom is -0.488 e. The summed E-state index contributed by atoms with van der Waals surface area (Å²) in [6.45, 7) is -0.289. The van der Waals surface area contributed by atoms with Gasteiger partial charge in [0.05, 0.1) is 13.1 Å². The molecule has 48 heavy (non-hydrogen) atoms. The maximum absolute atomic E-state index is 14.4. The molecule has 0 fully saturated rings. The van der Waals surface area contributed by atoms with E-state index in [1.807, 2.05) is 66.0 Å². The van der Waals surface area contributed by atoms with Gasteiger partial charge in [0.2, 0.25) is 11.7 Å². The highest BCUT2D eigenvalue weighted by molar-refractivity contribution is 7.97. The Labute approximate surface area is 281 Å². The molecule has 13 heteroatoms. The van der Waals surface area contributed by atoms with Gasteiger partial charge in [-0.15, -0.1) is 11.3 Å². The summed E-state index contributed by atoms with van der Waals surface area (Å²) in [5.41, 5.74) is 2.05. The van der Waals surface area contributed by atoms with Crippen LogP contribution >= 0.6 is 23.3 Å². The molecule has 0 saturated carbocycles. The number of carbonyl (C=O) groups is 2. The van der Waals surface area contributed by atoms with Gasteiger partial charge in [-0.25, -0.2) is 31.1 Å². The molecule has 5 rings (SSSR count). The van der Waals surface area contributed by atoms with Gasteiger partial charge in [-0.2, -0.15) is 0 Å². The van der Waals surface area contributed by atoms with Crippen molar-refractivity contribution in [2.45, 2.75) is 24.7 Å². The molecule has 6 nitrogen and oxygen atoms in total. The van der Waals surface area contributed by atoms with E-state index in [0.29, 0.717) is 5.69 Å². The number of amides is 1. The topological polar surface area (TPSA) is 59.1 Å². The molecule has 1 aromatic heterocycles. The third kappa shape index (κ3) is 8.40. The van der Waals surface area contributed by atoms with Crippen LogP contribution in [-0.2, 0) is 29.3 Å². The first kappa shape index (κ1) is 34.6. The van der Waals surface area contributed by atoms with E-state index in [0.717, 1.165) is 20.3 Å². The van der Waals surface area contributed by atoms with Gasteiger partial charge in [0.1, 0.15) is 29.4 Å². The zero-order valence-corrected chi connectivity index (χ0v) is 26.9. The molecule has 1 heterocycles. The minimum atomic E-state index is -2.27. The van der Waals surface area contributed by atoms with Crippen LogP contribution < -0.4 is 9.64 Å². The number of carbonyl (C=O) groups excluding carboxylic acids is 2. The van der Waals surface area contributed by atoms with Crippen LogP contribution in [0.25, 0.3) is 0 Å². The van der Waals surface area contributed by atoms with Crippen molar-refractivity contribution in [2.24, 2.45) is 0 Å². The average molecular weight is 699 g/mol. The lowest BCUT2D eigenvalue weighted by Gasteiger charge is -2.26. The quantitative estimate of drug-likeness (QED) is 0.0404. The smallest absolute Gasteiger partial charge is 0.342 e. The van der Waals surface area contributed by atoms with Gasteiger partial charge in [-0.3, -0.25) is 4.79 Å². The van der Waals surface area contributed by atoms with Crippen molar-refractivity contribution in [3.63, 3.8) is 0 Å². The summed E-state index contributed by atoms with van der Waals surface area (Å²) in [7, 11) is 1.28. The molecular formula is C35H27F5N2O4S2. The number of hydrogen-bond acceptors (Lipinski definition) is 7. The van der Waals surface area contributed by atoms with Gasteiger partial charge in [0.25, 0.3) is 0 Å². The van der Waals surface area contributed by atoms with Crippen LogP contribution in [0.5, 0.6) is 5.75 Å². The number of ether oxygens (including phenoxy) is 2. The Morgan fingerprint density at radius 2 is 1.35 bits per heavy atom. The molecule has 0 bridgehead atoms. The van der Waals surface area contributed by atoms with Crippen molar-refractivity contribution < 1.29 is 41.0 Å². The van der Waals surface area contributed by atoms with E-state index in [2.05, 4.69) is 0 Å². The Morgan fingerprint density at radius 3 is 1.96 bits per heavy atom. The third-order valence-corrected chi connectivity index (χ3v) is 8.76. The van der Waals surface area contributed by atoms with Crippen molar-refractivity contribution in [2.75, 3.05) is 18.5 Å². The lowest BCUT2D eigenvalue weighted by Crippen LogP contribution is -2.36. The number of benzene rings is 4. The Hall–Kier alpha value is -4.72.